The Morgan fingerprint density at radius 1 is 1.26 bits per heavy atom. The second-order valence-corrected chi connectivity index (χ2v) is 5.93. The van der Waals surface area contributed by atoms with E-state index in [0.29, 0.717) is 5.39 Å². The van der Waals surface area contributed by atoms with E-state index < -0.39 is 28.1 Å². The van der Waals surface area contributed by atoms with E-state index in [1.54, 1.807) is 24.3 Å². The van der Waals surface area contributed by atoms with Crippen LogP contribution >= 0.6 is 22.9 Å². The number of hydrogen-bond donors (Lipinski definition) is 0. The molecule has 0 saturated carbocycles. The number of halogens is 2. The van der Waals surface area contributed by atoms with E-state index in [0.717, 1.165) is 34.2 Å². The first-order valence-corrected chi connectivity index (χ1v) is 7.50. The predicted octanol–water partition coefficient (Wildman–Crippen LogP) is 4.82. The number of esters is 1. The largest absolute Gasteiger partial charge is 0.415 e. The molecule has 0 aliphatic rings. The van der Waals surface area contributed by atoms with Crippen LogP contribution in [0.1, 0.15) is 9.67 Å². The topological polar surface area (TPSA) is 69.4 Å². The van der Waals surface area contributed by atoms with Gasteiger partial charge in [-0.25, -0.2) is 9.18 Å². The van der Waals surface area contributed by atoms with Crippen LogP contribution in [-0.4, -0.2) is 10.9 Å². The third-order valence-electron chi connectivity index (χ3n) is 3.04. The van der Waals surface area contributed by atoms with Crippen molar-refractivity contribution < 1.29 is 18.8 Å². The molecule has 0 N–H and O–H groups in total. The zero-order valence-electron chi connectivity index (χ0n) is 11.3. The first-order chi connectivity index (χ1) is 11.0. The molecule has 116 valence electrons. The van der Waals surface area contributed by atoms with E-state index in [1.165, 1.54) is 0 Å². The minimum absolute atomic E-state index is 0.103. The molecule has 1 heterocycles. The summed E-state index contributed by atoms with van der Waals surface area (Å²) < 4.78 is 19.0. The molecule has 3 rings (SSSR count). The van der Waals surface area contributed by atoms with Gasteiger partial charge in [0.1, 0.15) is 10.7 Å². The maximum atomic E-state index is 13.3. The molecule has 8 heteroatoms. The maximum Gasteiger partial charge on any atom is 0.355 e. The van der Waals surface area contributed by atoms with Crippen molar-refractivity contribution in [3.8, 4) is 5.75 Å². The van der Waals surface area contributed by atoms with Crippen LogP contribution in [0.25, 0.3) is 10.1 Å². The van der Waals surface area contributed by atoms with Crippen LogP contribution < -0.4 is 4.74 Å². The maximum absolute atomic E-state index is 13.3. The summed E-state index contributed by atoms with van der Waals surface area (Å²) >= 11 is 7.25. The molecule has 0 atom stereocenters. The van der Waals surface area contributed by atoms with Gasteiger partial charge < -0.3 is 4.74 Å². The van der Waals surface area contributed by atoms with Gasteiger partial charge in [0, 0.05) is 22.2 Å². The van der Waals surface area contributed by atoms with E-state index >= 15 is 0 Å². The fraction of sp³-hybridized carbons (Fsp3) is 0. The van der Waals surface area contributed by atoms with Gasteiger partial charge in [0.05, 0.1) is 9.95 Å². The first kappa shape index (κ1) is 15.4. The Hall–Kier alpha value is -2.51. The highest BCUT2D eigenvalue weighted by molar-refractivity contribution is 7.21. The SMILES string of the molecule is O=C(Oc1cc(F)ccc1[N+](=O)[O-])c1sc2ccccc2c1Cl. The Balaban J connectivity index is 2.00. The summed E-state index contributed by atoms with van der Waals surface area (Å²) in [7, 11) is 0. The first-order valence-electron chi connectivity index (χ1n) is 6.30. The lowest BCUT2D eigenvalue weighted by Crippen LogP contribution is -2.08. The van der Waals surface area contributed by atoms with Crippen LogP contribution in [-0.2, 0) is 0 Å². The van der Waals surface area contributed by atoms with Crippen LogP contribution in [0.4, 0.5) is 10.1 Å². The molecule has 0 saturated heterocycles. The molecule has 5 nitrogen and oxygen atoms in total. The lowest BCUT2D eigenvalue weighted by atomic mass is 10.2. The lowest BCUT2D eigenvalue weighted by molar-refractivity contribution is -0.385. The van der Waals surface area contributed by atoms with E-state index in [1.807, 2.05) is 0 Å². The van der Waals surface area contributed by atoms with Gasteiger partial charge in [0.15, 0.2) is 0 Å². The predicted molar refractivity (Wildman–Crippen MR) is 84.8 cm³/mol. The number of benzene rings is 2. The van der Waals surface area contributed by atoms with Crippen molar-refractivity contribution in [2.45, 2.75) is 0 Å². The van der Waals surface area contributed by atoms with Crippen LogP contribution in [0, 0.1) is 15.9 Å². The van der Waals surface area contributed by atoms with Gasteiger partial charge in [-0.05, 0) is 12.1 Å². The third kappa shape index (κ3) is 2.88. The van der Waals surface area contributed by atoms with E-state index in [2.05, 4.69) is 0 Å². The average Bonchev–Trinajstić information content (AvgIpc) is 2.85. The molecule has 0 aliphatic carbocycles. The molecule has 1 aromatic heterocycles. The Kier molecular flexibility index (Phi) is 3.97. The number of carbonyl (C=O) groups is 1. The number of nitro benzene ring substituents is 1. The quantitative estimate of drug-likeness (QED) is 0.293. The summed E-state index contributed by atoms with van der Waals surface area (Å²) in [6.45, 7) is 0. The normalized spacial score (nSPS) is 10.7. The summed E-state index contributed by atoms with van der Waals surface area (Å²) in [5.74, 6) is -2.08. The zero-order valence-corrected chi connectivity index (χ0v) is 12.9. The fourth-order valence-corrected chi connectivity index (χ4v) is 3.40. The van der Waals surface area contributed by atoms with Crippen molar-refractivity contribution >= 4 is 44.7 Å². The summed E-state index contributed by atoms with van der Waals surface area (Å²) in [5, 5.41) is 11.8. The van der Waals surface area contributed by atoms with Crippen molar-refractivity contribution in [3.05, 3.63) is 68.3 Å². The molecule has 0 amide bonds. The summed E-state index contributed by atoms with van der Waals surface area (Å²) in [6.07, 6.45) is 0. The molecule has 2 aromatic carbocycles. The van der Waals surface area contributed by atoms with Crippen LogP contribution in [0.3, 0.4) is 0 Å². The molecular weight excluding hydrogens is 345 g/mol. The fourth-order valence-electron chi connectivity index (χ4n) is 2.01. The number of rotatable bonds is 3. The Labute approximate surface area is 138 Å². The number of carbonyl (C=O) groups excluding carboxylic acids is 1. The zero-order chi connectivity index (χ0) is 16.6. The number of nitrogens with zero attached hydrogens (tertiary/aromatic N) is 1. The summed E-state index contributed by atoms with van der Waals surface area (Å²) in [4.78, 5) is 22.5. The summed E-state index contributed by atoms with van der Waals surface area (Å²) in [6, 6.07) is 9.74. The van der Waals surface area contributed by atoms with Crippen molar-refractivity contribution in [2.75, 3.05) is 0 Å². The number of fused-ring (bicyclic) bond motifs is 1. The van der Waals surface area contributed by atoms with Crippen molar-refractivity contribution in [1.29, 1.82) is 0 Å². The van der Waals surface area contributed by atoms with Gasteiger partial charge in [0.25, 0.3) is 0 Å². The smallest absolute Gasteiger partial charge is 0.355 e. The molecule has 0 spiro atoms. The third-order valence-corrected chi connectivity index (χ3v) is 4.70. The van der Waals surface area contributed by atoms with E-state index in [9.17, 15) is 19.3 Å². The Morgan fingerprint density at radius 2 is 2.00 bits per heavy atom. The van der Waals surface area contributed by atoms with E-state index in [-0.39, 0.29) is 9.90 Å². The Bertz CT molecular complexity index is 940. The molecule has 0 unspecified atom stereocenters. The molecule has 0 bridgehead atoms. The highest BCUT2D eigenvalue weighted by Gasteiger charge is 2.23. The van der Waals surface area contributed by atoms with Gasteiger partial charge in [-0.2, -0.15) is 0 Å². The molecule has 0 fully saturated rings. The van der Waals surface area contributed by atoms with Crippen LogP contribution in [0.15, 0.2) is 42.5 Å². The van der Waals surface area contributed by atoms with Gasteiger partial charge in [-0.15, -0.1) is 11.3 Å². The van der Waals surface area contributed by atoms with Crippen molar-refractivity contribution in [3.63, 3.8) is 0 Å². The average molecular weight is 352 g/mol. The van der Waals surface area contributed by atoms with Crippen molar-refractivity contribution in [1.82, 2.24) is 0 Å². The number of thiophene rings is 1. The monoisotopic (exact) mass is 351 g/mol. The van der Waals surface area contributed by atoms with Gasteiger partial charge in [-0.1, -0.05) is 29.8 Å². The van der Waals surface area contributed by atoms with Crippen LogP contribution in [0.5, 0.6) is 5.75 Å². The minimum atomic E-state index is -0.870. The number of hydrogen-bond acceptors (Lipinski definition) is 5. The number of nitro groups is 1. The number of ether oxygens (including phenoxy) is 1. The van der Waals surface area contributed by atoms with Crippen LogP contribution in [0.2, 0.25) is 5.02 Å². The highest BCUT2D eigenvalue weighted by atomic mass is 35.5. The van der Waals surface area contributed by atoms with Gasteiger partial charge in [-0.3, -0.25) is 10.1 Å². The second kappa shape index (κ2) is 5.94. The Morgan fingerprint density at radius 3 is 2.70 bits per heavy atom. The summed E-state index contributed by atoms with van der Waals surface area (Å²) in [5.41, 5.74) is -0.503. The molecular formula is C15H7ClFNO4S. The molecule has 0 radical (unpaired) electrons. The van der Waals surface area contributed by atoms with Crippen molar-refractivity contribution in [2.24, 2.45) is 0 Å². The van der Waals surface area contributed by atoms with E-state index in [4.69, 9.17) is 16.3 Å². The molecule has 0 aliphatic heterocycles. The van der Waals surface area contributed by atoms with Gasteiger partial charge in [0.2, 0.25) is 5.75 Å². The second-order valence-electron chi connectivity index (χ2n) is 4.50. The molecule has 3 aromatic rings. The lowest BCUT2D eigenvalue weighted by Gasteiger charge is -2.04. The standard InChI is InChI=1S/C15H7ClFNO4S/c16-13-9-3-1-2-4-12(9)23-14(13)15(19)22-11-7-8(17)5-6-10(11)18(20)21/h1-7H. The highest BCUT2D eigenvalue weighted by Crippen LogP contribution is 2.36. The van der Waals surface area contributed by atoms with Gasteiger partial charge >= 0.3 is 11.7 Å². The molecule has 23 heavy (non-hydrogen) atoms. The minimum Gasteiger partial charge on any atom is -0.415 e.